The topological polar surface area (TPSA) is 29.3 Å². The highest BCUT2D eigenvalue weighted by Crippen LogP contribution is 2.32. The van der Waals surface area contributed by atoms with E-state index >= 15 is 0 Å². The van der Waals surface area contributed by atoms with Gasteiger partial charge in [-0.2, -0.15) is 0 Å². The number of aryl methyl sites for hydroxylation is 1. The van der Waals surface area contributed by atoms with Gasteiger partial charge in [-0.1, -0.05) is 43.7 Å². The first-order valence-corrected chi connectivity index (χ1v) is 6.96. The molecule has 1 fully saturated rings. The largest absolute Gasteiger partial charge is 0.327 e. The Morgan fingerprint density at radius 2 is 2.11 bits per heavy atom. The van der Waals surface area contributed by atoms with Crippen LogP contribution in [-0.2, 0) is 0 Å². The molecule has 0 saturated carbocycles. The fourth-order valence-corrected chi connectivity index (χ4v) is 2.89. The molecule has 1 aliphatic rings. The van der Waals surface area contributed by atoms with Crippen molar-refractivity contribution in [1.29, 1.82) is 0 Å². The molecule has 1 heterocycles. The van der Waals surface area contributed by atoms with Gasteiger partial charge in [0, 0.05) is 25.2 Å². The summed E-state index contributed by atoms with van der Waals surface area (Å²) in [4.78, 5) is 2.57. The maximum atomic E-state index is 6.21. The molecule has 2 heteroatoms. The molecule has 0 amide bonds. The van der Waals surface area contributed by atoms with Gasteiger partial charge in [0.2, 0.25) is 0 Å². The summed E-state index contributed by atoms with van der Waals surface area (Å²) in [5, 5.41) is 0. The van der Waals surface area contributed by atoms with Crippen molar-refractivity contribution in [3.05, 3.63) is 35.4 Å². The molecule has 0 radical (unpaired) electrons. The standard InChI is InChI=1S/C16H26N2/c1-12-6-5-7-14(10-12)13(2)18-9-8-15(17)16(3,4)11-18/h5-7,10,13,15H,8-9,11,17H2,1-4H3. The van der Waals surface area contributed by atoms with Crippen LogP contribution in [0.1, 0.15) is 44.4 Å². The summed E-state index contributed by atoms with van der Waals surface area (Å²) < 4.78 is 0. The van der Waals surface area contributed by atoms with Crippen LogP contribution in [0.4, 0.5) is 0 Å². The maximum absolute atomic E-state index is 6.21. The Labute approximate surface area is 111 Å². The van der Waals surface area contributed by atoms with Crippen LogP contribution in [0.3, 0.4) is 0 Å². The lowest BCUT2D eigenvalue weighted by molar-refractivity contribution is 0.0664. The normalized spacial score (nSPS) is 25.9. The van der Waals surface area contributed by atoms with Gasteiger partial charge in [-0.05, 0) is 31.2 Å². The zero-order valence-electron chi connectivity index (χ0n) is 12.1. The van der Waals surface area contributed by atoms with E-state index in [-0.39, 0.29) is 5.41 Å². The highest BCUT2D eigenvalue weighted by Gasteiger charge is 2.35. The minimum atomic E-state index is 0.219. The summed E-state index contributed by atoms with van der Waals surface area (Å²) >= 11 is 0. The Kier molecular flexibility index (Phi) is 3.79. The van der Waals surface area contributed by atoms with E-state index < -0.39 is 0 Å². The van der Waals surface area contributed by atoms with Crippen molar-refractivity contribution in [2.24, 2.45) is 11.1 Å². The summed E-state index contributed by atoms with van der Waals surface area (Å²) in [7, 11) is 0. The zero-order valence-corrected chi connectivity index (χ0v) is 12.1. The highest BCUT2D eigenvalue weighted by molar-refractivity contribution is 5.25. The lowest BCUT2D eigenvalue weighted by Crippen LogP contribution is -2.52. The molecule has 2 N–H and O–H groups in total. The number of piperidine rings is 1. The summed E-state index contributed by atoms with van der Waals surface area (Å²) in [5.74, 6) is 0. The molecule has 0 aromatic heterocycles. The zero-order chi connectivity index (χ0) is 13.3. The second kappa shape index (κ2) is 5.02. The van der Waals surface area contributed by atoms with Crippen LogP contribution in [0.5, 0.6) is 0 Å². The van der Waals surface area contributed by atoms with Crippen LogP contribution >= 0.6 is 0 Å². The molecule has 18 heavy (non-hydrogen) atoms. The average Bonchev–Trinajstić information content (AvgIpc) is 2.31. The van der Waals surface area contributed by atoms with E-state index in [1.54, 1.807) is 0 Å². The van der Waals surface area contributed by atoms with Crippen molar-refractivity contribution in [2.45, 2.75) is 46.2 Å². The van der Waals surface area contributed by atoms with E-state index in [1.807, 2.05) is 0 Å². The molecule has 0 spiro atoms. The fourth-order valence-electron chi connectivity index (χ4n) is 2.89. The van der Waals surface area contributed by atoms with Crippen molar-refractivity contribution >= 4 is 0 Å². The van der Waals surface area contributed by atoms with Crippen LogP contribution in [0, 0.1) is 12.3 Å². The molecule has 1 aromatic rings. The minimum Gasteiger partial charge on any atom is -0.327 e. The Bertz CT molecular complexity index is 411. The smallest absolute Gasteiger partial charge is 0.0320 e. The van der Waals surface area contributed by atoms with Gasteiger partial charge >= 0.3 is 0 Å². The summed E-state index contributed by atoms with van der Waals surface area (Å²) in [6.45, 7) is 11.2. The maximum Gasteiger partial charge on any atom is 0.0320 e. The van der Waals surface area contributed by atoms with Crippen molar-refractivity contribution in [3.63, 3.8) is 0 Å². The van der Waals surface area contributed by atoms with E-state index in [2.05, 4.69) is 56.9 Å². The van der Waals surface area contributed by atoms with Crippen LogP contribution < -0.4 is 5.73 Å². The van der Waals surface area contributed by atoms with Crippen LogP contribution in [0.25, 0.3) is 0 Å². The summed E-state index contributed by atoms with van der Waals surface area (Å²) in [6, 6.07) is 9.66. The van der Waals surface area contributed by atoms with Gasteiger partial charge in [-0.15, -0.1) is 0 Å². The Morgan fingerprint density at radius 3 is 2.72 bits per heavy atom. The molecule has 1 saturated heterocycles. The van der Waals surface area contributed by atoms with Gasteiger partial charge in [-0.3, -0.25) is 4.90 Å². The van der Waals surface area contributed by atoms with E-state index in [0.717, 1.165) is 19.5 Å². The SMILES string of the molecule is Cc1cccc(C(C)N2CCC(N)C(C)(C)C2)c1. The number of benzene rings is 1. The first kappa shape index (κ1) is 13.6. The number of nitrogens with two attached hydrogens (primary N) is 1. The third kappa shape index (κ3) is 2.76. The van der Waals surface area contributed by atoms with Crippen molar-refractivity contribution < 1.29 is 0 Å². The monoisotopic (exact) mass is 246 g/mol. The molecule has 2 rings (SSSR count). The van der Waals surface area contributed by atoms with E-state index in [4.69, 9.17) is 5.73 Å². The first-order chi connectivity index (χ1) is 8.40. The minimum absolute atomic E-state index is 0.219. The number of likely N-dealkylation sites (tertiary alicyclic amines) is 1. The second-order valence-electron chi connectivity index (χ2n) is 6.44. The molecule has 1 aromatic carbocycles. The molecule has 0 aliphatic carbocycles. The molecule has 1 aliphatic heterocycles. The molecular formula is C16H26N2. The van der Waals surface area contributed by atoms with E-state index in [9.17, 15) is 0 Å². The predicted octanol–water partition coefficient (Wildman–Crippen LogP) is 3.12. The molecule has 2 atom stereocenters. The molecule has 2 unspecified atom stereocenters. The fraction of sp³-hybridized carbons (Fsp3) is 0.625. The number of rotatable bonds is 2. The second-order valence-corrected chi connectivity index (χ2v) is 6.44. The van der Waals surface area contributed by atoms with Crippen LogP contribution in [0.15, 0.2) is 24.3 Å². The van der Waals surface area contributed by atoms with E-state index in [0.29, 0.717) is 12.1 Å². The van der Waals surface area contributed by atoms with Gasteiger partial charge in [0.1, 0.15) is 0 Å². The lowest BCUT2D eigenvalue weighted by atomic mass is 9.79. The third-order valence-corrected chi connectivity index (χ3v) is 4.41. The van der Waals surface area contributed by atoms with Crippen LogP contribution in [-0.4, -0.2) is 24.0 Å². The number of hydrogen-bond donors (Lipinski definition) is 1. The van der Waals surface area contributed by atoms with Gasteiger partial charge < -0.3 is 5.73 Å². The molecule has 100 valence electrons. The summed E-state index contributed by atoms with van der Waals surface area (Å²) in [6.07, 6.45) is 1.10. The van der Waals surface area contributed by atoms with Gasteiger partial charge in [-0.25, -0.2) is 0 Å². The number of nitrogens with zero attached hydrogens (tertiary/aromatic N) is 1. The Hall–Kier alpha value is -0.860. The van der Waals surface area contributed by atoms with Crippen molar-refractivity contribution in [2.75, 3.05) is 13.1 Å². The van der Waals surface area contributed by atoms with Gasteiger partial charge in [0.05, 0.1) is 0 Å². The van der Waals surface area contributed by atoms with Crippen LogP contribution in [0.2, 0.25) is 0 Å². The molecule has 2 nitrogen and oxygen atoms in total. The van der Waals surface area contributed by atoms with Crippen molar-refractivity contribution in [3.8, 4) is 0 Å². The molecular weight excluding hydrogens is 220 g/mol. The van der Waals surface area contributed by atoms with Gasteiger partial charge in [0.15, 0.2) is 0 Å². The van der Waals surface area contributed by atoms with Crippen molar-refractivity contribution in [1.82, 2.24) is 4.90 Å². The van der Waals surface area contributed by atoms with E-state index in [1.165, 1.54) is 11.1 Å². The predicted molar refractivity (Wildman–Crippen MR) is 77.5 cm³/mol. The summed E-state index contributed by atoms with van der Waals surface area (Å²) in [5.41, 5.74) is 9.19. The Balaban J connectivity index is 2.13. The lowest BCUT2D eigenvalue weighted by Gasteiger charge is -2.45. The third-order valence-electron chi connectivity index (χ3n) is 4.41. The number of hydrogen-bond acceptors (Lipinski definition) is 2. The Morgan fingerprint density at radius 1 is 1.39 bits per heavy atom. The average molecular weight is 246 g/mol. The highest BCUT2D eigenvalue weighted by atomic mass is 15.2. The molecule has 0 bridgehead atoms. The van der Waals surface area contributed by atoms with Gasteiger partial charge in [0.25, 0.3) is 0 Å². The first-order valence-electron chi connectivity index (χ1n) is 6.96. The quantitative estimate of drug-likeness (QED) is 0.868.